The average molecular weight is 475 g/mol. The van der Waals surface area contributed by atoms with Crippen LogP contribution in [0.4, 0.5) is 15.9 Å². The van der Waals surface area contributed by atoms with Crippen LogP contribution in [0.5, 0.6) is 11.5 Å². The summed E-state index contributed by atoms with van der Waals surface area (Å²) in [7, 11) is 3.32. The summed E-state index contributed by atoms with van der Waals surface area (Å²) in [6, 6.07) is 8.08. The number of nitrogens with one attached hydrogen (secondary N) is 1. The number of likely N-dealkylation sites (tertiary alicyclic amines) is 1. The summed E-state index contributed by atoms with van der Waals surface area (Å²) < 4.78 is 26.2. The number of benzene rings is 2. The fraction of sp³-hybridized carbons (Fsp3) is 0.348. The first-order valence-corrected chi connectivity index (χ1v) is 10.8. The first kappa shape index (κ1) is 23.0. The first-order chi connectivity index (χ1) is 15.7. The second kappa shape index (κ2) is 8.99. The van der Waals surface area contributed by atoms with Gasteiger partial charge in [0.2, 0.25) is 0 Å². The molecule has 2 aromatic carbocycles. The lowest BCUT2D eigenvalue weighted by Gasteiger charge is -2.42. The van der Waals surface area contributed by atoms with E-state index in [-0.39, 0.29) is 16.8 Å². The summed E-state index contributed by atoms with van der Waals surface area (Å²) in [5.74, 6) is -0.233. The summed E-state index contributed by atoms with van der Waals surface area (Å²) in [6.07, 6.45) is 2.00. The zero-order valence-corrected chi connectivity index (χ0v) is 19.2. The molecule has 0 amide bonds. The molecule has 1 aliphatic rings. The molecule has 2 N–H and O–H groups in total. The highest BCUT2D eigenvalue weighted by atomic mass is 35.5. The standard InChI is InChI=1S/C23H24ClFN4O4/c1-23(22(30)31)11-13(7-8-29(23)2)33-19-9-14-17(10-18(19)32-3)26-12-27-21(14)28-16-6-4-5-15(24)20(16)25/h4-6,9-10,12-13H,7-8,11H2,1-3H3,(H,30,31)(H,26,27,28)/t13-,23+/m1/s1. The molecule has 10 heteroatoms. The van der Waals surface area contributed by atoms with Gasteiger partial charge in [-0.1, -0.05) is 17.7 Å². The number of nitrogens with zero attached hydrogens (tertiary/aromatic N) is 3. The molecule has 2 atom stereocenters. The summed E-state index contributed by atoms with van der Waals surface area (Å²) in [5, 5.41) is 13.3. The Labute approximate surface area is 195 Å². The summed E-state index contributed by atoms with van der Waals surface area (Å²) >= 11 is 5.90. The molecule has 174 valence electrons. The number of likely N-dealkylation sites (N-methyl/N-ethyl adjacent to an activating group) is 1. The van der Waals surface area contributed by atoms with E-state index in [1.807, 2.05) is 4.90 Å². The average Bonchev–Trinajstić information content (AvgIpc) is 2.79. The molecular weight excluding hydrogens is 451 g/mol. The molecule has 4 rings (SSSR count). The fourth-order valence-electron chi connectivity index (χ4n) is 3.96. The Morgan fingerprint density at radius 2 is 2.12 bits per heavy atom. The van der Waals surface area contributed by atoms with Gasteiger partial charge in [-0.15, -0.1) is 0 Å². The largest absolute Gasteiger partial charge is 0.493 e. The number of piperidine rings is 1. The third kappa shape index (κ3) is 4.38. The smallest absolute Gasteiger partial charge is 0.323 e. The third-order valence-electron chi connectivity index (χ3n) is 6.13. The minimum atomic E-state index is -1.03. The van der Waals surface area contributed by atoms with Crippen molar-refractivity contribution in [1.29, 1.82) is 0 Å². The van der Waals surface area contributed by atoms with E-state index in [1.165, 1.54) is 19.5 Å². The highest BCUT2D eigenvalue weighted by Crippen LogP contribution is 2.38. The Morgan fingerprint density at radius 3 is 2.85 bits per heavy atom. The van der Waals surface area contributed by atoms with Crippen LogP contribution in [0.3, 0.4) is 0 Å². The Hall–Kier alpha value is -3.17. The predicted octanol–water partition coefficient (Wildman–Crippen LogP) is 4.49. The minimum absolute atomic E-state index is 0.00667. The van der Waals surface area contributed by atoms with Crippen molar-refractivity contribution in [2.75, 3.05) is 26.0 Å². The SMILES string of the molecule is COc1cc2ncnc(Nc3cccc(Cl)c3F)c2cc1O[C@@H]1CCN(C)[C@](C)(C(=O)O)C1. The highest BCUT2D eigenvalue weighted by Gasteiger charge is 2.43. The zero-order valence-electron chi connectivity index (χ0n) is 18.4. The van der Waals surface area contributed by atoms with Gasteiger partial charge >= 0.3 is 5.97 Å². The summed E-state index contributed by atoms with van der Waals surface area (Å²) in [6.45, 7) is 2.27. The number of carboxylic acids is 1. The van der Waals surface area contributed by atoms with Gasteiger partial charge < -0.3 is 19.9 Å². The molecule has 0 spiro atoms. The molecule has 1 aromatic heterocycles. The molecular formula is C23H24ClFN4O4. The van der Waals surface area contributed by atoms with E-state index in [0.717, 1.165) is 0 Å². The van der Waals surface area contributed by atoms with E-state index in [4.69, 9.17) is 21.1 Å². The topological polar surface area (TPSA) is 96.8 Å². The number of ether oxygens (including phenoxy) is 2. The monoisotopic (exact) mass is 474 g/mol. The minimum Gasteiger partial charge on any atom is -0.493 e. The number of carbonyl (C=O) groups is 1. The van der Waals surface area contributed by atoms with Crippen LogP contribution in [-0.2, 0) is 4.79 Å². The molecule has 2 heterocycles. The van der Waals surface area contributed by atoms with Gasteiger partial charge in [0.15, 0.2) is 17.3 Å². The van der Waals surface area contributed by atoms with Gasteiger partial charge in [-0.25, -0.2) is 14.4 Å². The van der Waals surface area contributed by atoms with E-state index >= 15 is 0 Å². The lowest BCUT2D eigenvalue weighted by molar-refractivity contribution is -0.154. The van der Waals surface area contributed by atoms with Crippen LogP contribution in [0, 0.1) is 5.82 Å². The van der Waals surface area contributed by atoms with Crippen LogP contribution in [-0.4, -0.2) is 58.3 Å². The van der Waals surface area contributed by atoms with Crippen molar-refractivity contribution < 1.29 is 23.8 Å². The molecule has 0 aliphatic carbocycles. The third-order valence-corrected chi connectivity index (χ3v) is 6.43. The summed E-state index contributed by atoms with van der Waals surface area (Å²) in [5.41, 5.74) is -0.293. The number of hydrogen-bond donors (Lipinski definition) is 2. The van der Waals surface area contributed by atoms with Crippen molar-refractivity contribution in [2.45, 2.75) is 31.4 Å². The van der Waals surface area contributed by atoms with E-state index in [0.29, 0.717) is 47.6 Å². The Bertz CT molecular complexity index is 1210. The molecule has 1 fully saturated rings. The molecule has 3 aromatic rings. The fourth-order valence-corrected chi connectivity index (χ4v) is 4.13. The van der Waals surface area contributed by atoms with Crippen LogP contribution in [0.2, 0.25) is 5.02 Å². The zero-order chi connectivity index (χ0) is 23.8. The van der Waals surface area contributed by atoms with Crippen LogP contribution in [0.15, 0.2) is 36.7 Å². The Morgan fingerprint density at radius 1 is 1.33 bits per heavy atom. The molecule has 8 nitrogen and oxygen atoms in total. The lowest BCUT2D eigenvalue weighted by Crippen LogP contribution is -2.57. The van der Waals surface area contributed by atoms with Crippen LogP contribution in [0.1, 0.15) is 19.8 Å². The Kier molecular flexibility index (Phi) is 6.27. The molecule has 1 aliphatic heterocycles. The number of rotatable bonds is 6. The molecule has 0 radical (unpaired) electrons. The highest BCUT2D eigenvalue weighted by molar-refractivity contribution is 6.31. The van der Waals surface area contributed by atoms with Gasteiger partial charge in [-0.3, -0.25) is 9.69 Å². The van der Waals surface area contributed by atoms with Crippen molar-refractivity contribution >= 4 is 40.0 Å². The number of carboxylic acid groups (broad SMARTS) is 1. The van der Waals surface area contributed by atoms with Gasteiger partial charge in [-0.05, 0) is 38.6 Å². The molecule has 1 saturated heterocycles. The molecule has 0 unspecified atom stereocenters. The van der Waals surface area contributed by atoms with E-state index in [1.54, 1.807) is 38.2 Å². The van der Waals surface area contributed by atoms with Crippen LogP contribution >= 0.6 is 11.6 Å². The normalized spacial score (nSPS) is 21.1. The number of anilines is 2. The van der Waals surface area contributed by atoms with Gasteiger partial charge in [0, 0.05) is 24.4 Å². The van der Waals surface area contributed by atoms with Gasteiger partial charge in [-0.2, -0.15) is 0 Å². The van der Waals surface area contributed by atoms with Crippen LogP contribution < -0.4 is 14.8 Å². The number of methoxy groups -OCH3 is 1. The number of hydrogen-bond acceptors (Lipinski definition) is 7. The maximum absolute atomic E-state index is 14.4. The Balaban J connectivity index is 1.69. The maximum Gasteiger partial charge on any atom is 0.323 e. The number of aliphatic carboxylic acids is 1. The van der Waals surface area contributed by atoms with Crippen molar-refractivity contribution in [1.82, 2.24) is 14.9 Å². The van der Waals surface area contributed by atoms with Crippen molar-refractivity contribution in [3.8, 4) is 11.5 Å². The van der Waals surface area contributed by atoms with E-state index < -0.39 is 17.3 Å². The predicted molar refractivity (Wildman–Crippen MR) is 123 cm³/mol. The first-order valence-electron chi connectivity index (χ1n) is 10.4. The van der Waals surface area contributed by atoms with Crippen molar-refractivity contribution in [3.05, 3.63) is 47.5 Å². The number of aromatic nitrogens is 2. The second-order valence-electron chi connectivity index (χ2n) is 8.20. The maximum atomic E-state index is 14.4. The van der Waals surface area contributed by atoms with E-state index in [2.05, 4.69) is 15.3 Å². The van der Waals surface area contributed by atoms with Gasteiger partial charge in [0.05, 0.1) is 23.3 Å². The van der Waals surface area contributed by atoms with Crippen molar-refractivity contribution in [2.24, 2.45) is 0 Å². The second-order valence-corrected chi connectivity index (χ2v) is 8.61. The summed E-state index contributed by atoms with van der Waals surface area (Å²) in [4.78, 5) is 22.2. The lowest BCUT2D eigenvalue weighted by atomic mass is 9.87. The molecule has 33 heavy (non-hydrogen) atoms. The number of halogens is 2. The van der Waals surface area contributed by atoms with Gasteiger partial charge in [0.25, 0.3) is 0 Å². The van der Waals surface area contributed by atoms with Crippen LogP contribution in [0.25, 0.3) is 10.9 Å². The molecule has 0 saturated carbocycles. The van der Waals surface area contributed by atoms with Gasteiger partial charge in [0.1, 0.15) is 23.8 Å². The molecule has 0 bridgehead atoms. The van der Waals surface area contributed by atoms with Crippen molar-refractivity contribution in [3.63, 3.8) is 0 Å². The number of fused-ring (bicyclic) bond motifs is 1. The quantitative estimate of drug-likeness (QED) is 0.539. The van der Waals surface area contributed by atoms with E-state index in [9.17, 15) is 14.3 Å².